The van der Waals surface area contributed by atoms with Crippen LogP contribution in [0, 0.1) is 0 Å². The number of hydrogen-bond acceptors (Lipinski definition) is 5. The van der Waals surface area contributed by atoms with Gasteiger partial charge in [0, 0.05) is 6.54 Å². The lowest BCUT2D eigenvalue weighted by Crippen LogP contribution is -2.27. The fourth-order valence-electron chi connectivity index (χ4n) is 1.36. The first-order valence-electron chi connectivity index (χ1n) is 5.63. The van der Waals surface area contributed by atoms with E-state index in [0.29, 0.717) is 25.2 Å². The van der Waals surface area contributed by atoms with Crippen molar-refractivity contribution in [1.29, 1.82) is 0 Å². The van der Waals surface area contributed by atoms with Gasteiger partial charge in [0.2, 0.25) is 10.0 Å². The molecule has 7 nitrogen and oxygen atoms in total. The van der Waals surface area contributed by atoms with E-state index >= 15 is 0 Å². The molecule has 3 N–H and O–H groups in total. The number of rotatable bonds is 8. The van der Waals surface area contributed by atoms with Crippen molar-refractivity contribution >= 4 is 10.0 Å². The van der Waals surface area contributed by atoms with Crippen molar-refractivity contribution in [2.45, 2.75) is 32.9 Å². The molecule has 0 aromatic carbocycles. The summed E-state index contributed by atoms with van der Waals surface area (Å²) in [5, 5.41) is 7.58. The van der Waals surface area contributed by atoms with Crippen molar-refractivity contribution in [3.63, 3.8) is 0 Å². The van der Waals surface area contributed by atoms with Gasteiger partial charge >= 0.3 is 0 Å². The van der Waals surface area contributed by atoms with Gasteiger partial charge in [-0.3, -0.25) is 0 Å². The fraction of sp³-hybridized carbons (Fsp3) is 0.778. The molecule has 0 amide bonds. The highest BCUT2D eigenvalue weighted by atomic mass is 32.2. The van der Waals surface area contributed by atoms with Gasteiger partial charge < -0.3 is 10.3 Å². The lowest BCUT2D eigenvalue weighted by Gasteiger charge is -2.06. The van der Waals surface area contributed by atoms with Gasteiger partial charge in [-0.25, -0.2) is 13.1 Å². The van der Waals surface area contributed by atoms with Crippen molar-refractivity contribution in [3.05, 3.63) is 12.2 Å². The summed E-state index contributed by atoms with van der Waals surface area (Å²) in [5.41, 5.74) is 5.31. The Hall–Kier alpha value is -0.990. The lowest BCUT2D eigenvalue weighted by molar-refractivity contribution is 0.571. The van der Waals surface area contributed by atoms with Gasteiger partial charge in [-0.15, -0.1) is 10.2 Å². The smallest absolute Gasteiger partial charge is 0.212 e. The van der Waals surface area contributed by atoms with Crippen LogP contribution in [0.25, 0.3) is 0 Å². The Labute approximate surface area is 101 Å². The van der Waals surface area contributed by atoms with Crippen LogP contribution < -0.4 is 10.5 Å². The maximum absolute atomic E-state index is 11.6. The minimum atomic E-state index is -3.24. The maximum Gasteiger partial charge on any atom is 0.212 e. The molecule has 0 bridgehead atoms. The van der Waals surface area contributed by atoms with Crippen molar-refractivity contribution in [3.8, 4) is 0 Å². The average Bonchev–Trinajstić information content (AvgIpc) is 2.74. The Balaban J connectivity index is 2.44. The van der Waals surface area contributed by atoms with Gasteiger partial charge in [-0.2, -0.15) is 0 Å². The summed E-state index contributed by atoms with van der Waals surface area (Å²) < 4.78 is 27.5. The maximum atomic E-state index is 11.6. The quantitative estimate of drug-likeness (QED) is 0.612. The molecule has 0 radical (unpaired) electrons. The summed E-state index contributed by atoms with van der Waals surface area (Å²) in [4.78, 5) is 0. The van der Waals surface area contributed by atoms with E-state index in [-0.39, 0.29) is 12.3 Å². The molecule has 0 aliphatic heterocycles. The third-order valence-electron chi connectivity index (χ3n) is 2.35. The summed E-state index contributed by atoms with van der Waals surface area (Å²) in [6, 6.07) is 0. The van der Waals surface area contributed by atoms with Crippen LogP contribution in [-0.2, 0) is 23.1 Å². The molecule has 1 rings (SSSR count). The number of unbranched alkanes of at least 4 members (excludes halogenated alkanes) is 1. The number of aromatic nitrogens is 3. The standard InChI is InChI=1S/C9H19N5O2S/c1-2-14-8-11-13-9(14)7-12-17(15,16)6-4-3-5-10/h8,12H,2-7,10H2,1H3. The molecule has 1 heterocycles. The molecule has 8 heteroatoms. The Morgan fingerprint density at radius 3 is 2.88 bits per heavy atom. The van der Waals surface area contributed by atoms with Crippen LogP contribution in [0.2, 0.25) is 0 Å². The number of nitrogens with zero attached hydrogens (tertiary/aromatic N) is 3. The van der Waals surface area contributed by atoms with E-state index in [2.05, 4.69) is 14.9 Å². The van der Waals surface area contributed by atoms with Crippen LogP contribution in [0.4, 0.5) is 0 Å². The Kier molecular flexibility index (Phi) is 5.52. The van der Waals surface area contributed by atoms with E-state index in [1.165, 1.54) is 0 Å². The third-order valence-corrected chi connectivity index (χ3v) is 3.76. The van der Waals surface area contributed by atoms with Gasteiger partial charge in [-0.05, 0) is 26.3 Å². The number of nitrogens with one attached hydrogen (secondary N) is 1. The third kappa shape index (κ3) is 4.80. The molecule has 1 aromatic rings. The zero-order chi connectivity index (χ0) is 12.7. The summed E-state index contributed by atoms with van der Waals surface area (Å²) in [5.74, 6) is 0.722. The molecular weight excluding hydrogens is 242 g/mol. The van der Waals surface area contributed by atoms with E-state index < -0.39 is 10.0 Å². The highest BCUT2D eigenvalue weighted by molar-refractivity contribution is 7.89. The molecule has 0 spiro atoms. The molecule has 0 saturated heterocycles. The SMILES string of the molecule is CCn1cnnc1CNS(=O)(=O)CCCCN. The summed E-state index contributed by atoms with van der Waals surface area (Å²) in [6.45, 7) is 3.36. The Bertz CT molecular complexity index is 428. The van der Waals surface area contributed by atoms with Crippen LogP contribution >= 0.6 is 0 Å². The van der Waals surface area contributed by atoms with E-state index in [4.69, 9.17) is 5.73 Å². The predicted octanol–water partition coefficient (Wildman–Crippen LogP) is -0.544. The molecule has 0 unspecified atom stereocenters. The first-order valence-corrected chi connectivity index (χ1v) is 7.28. The summed E-state index contributed by atoms with van der Waals surface area (Å²) in [7, 11) is -3.24. The monoisotopic (exact) mass is 261 g/mol. The minimum Gasteiger partial charge on any atom is -0.330 e. The van der Waals surface area contributed by atoms with E-state index in [9.17, 15) is 8.42 Å². The van der Waals surface area contributed by atoms with Gasteiger partial charge in [0.1, 0.15) is 12.2 Å². The van der Waals surface area contributed by atoms with Gasteiger partial charge in [0.25, 0.3) is 0 Å². The van der Waals surface area contributed by atoms with Crippen molar-refractivity contribution < 1.29 is 8.42 Å². The predicted molar refractivity (Wildman–Crippen MR) is 64.6 cm³/mol. The second-order valence-corrected chi connectivity index (χ2v) is 5.60. The normalized spacial score (nSPS) is 11.9. The molecule has 98 valence electrons. The lowest BCUT2D eigenvalue weighted by atomic mass is 10.3. The van der Waals surface area contributed by atoms with Crippen molar-refractivity contribution in [2.24, 2.45) is 5.73 Å². The Morgan fingerprint density at radius 1 is 1.47 bits per heavy atom. The van der Waals surface area contributed by atoms with Crippen LogP contribution in [0.5, 0.6) is 0 Å². The number of aryl methyl sites for hydroxylation is 1. The van der Waals surface area contributed by atoms with Crippen LogP contribution in [0.15, 0.2) is 6.33 Å². The second-order valence-electron chi connectivity index (χ2n) is 3.67. The van der Waals surface area contributed by atoms with Crippen LogP contribution in [-0.4, -0.2) is 35.5 Å². The van der Waals surface area contributed by atoms with Crippen LogP contribution in [0.1, 0.15) is 25.6 Å². The van der Waals surface area contributed by atoms with Gasteiger partial charge in [0.15, 0.2) is 0 Å². The molecule has 0 saturated carbocycles. The largest absolute Gasteiger partial charge is 0.330 e. The molecule has 0 aliphatic carbocycles. The van der Waals surface area contributed by atoms with E-state index in [0.717, 1.165) is 6.54 Å². The van der Waals surface area contributed by atoms with Gasteiger partial charge in [-0.1, -0.05) is 0 Å². The molecular formula is C9H19N5O2S. The summed E-state index contributed by atoms with van der Waals surface area (Å²) >= 11 is 0. The highest BCUT2D eigenvalue weighted by Gasteiger charge is 2.11. The average molecular weight is 261 g/mol. The zero-order valence-corrected chi connectivity index (χ0v) is 10.8. The molecule has 0 fully saturated rings. The minimum absolute atomic E-state index is 0.102. The summed E-state index contributed by atoms with van der Waals surface area (Å²) in [6.07, 6.45) is 2.87. The van der Waals surface area contributed by atoms with Crippen LogP contribution in [0.3, 0.4) is 0 Å². The van der Waals surface area contributed by atoms with E-state index in [1.54, 1.807) is 10.9 Å². The fourth-order valence-corrected chi connectivity index (χ4v) is 2.44. The first-order chi connectivity index (χ1) is 8.09. The molecule has 1 aromatic heterocycles. The molecule has 17 heavy (non-hydrogen) atoms. The van der Waals surface area contributed by atoms with E-state index in [1.807, 2.05) is 6.92 Å². The van der Waals surface area contributed by atoms with Crippen molar-refractivity contribution in [1.82, 2.24) is 19.5 Å². The first kappa shape index (κ1) is 14.1. The van der Waals surface area contributed by atoms with Gasteiger partial charge in [0.05, 0.1) is 12.3 Å². The number of nitrogens with two attached hydrogens (primary N) is 1. The number of hydrogen-bond donors (Lipinski definition) is 2. The zero-order valence-electron chi connectivity index (χ0n) is 9.96. The second kappa shape index (κ2) is 6.67. The Morgan fingerprint density at radius 2 is 2.24 bits per heavy atom. The molecule has 0 aliphatic rings. The topological polar surface area (TPSA) is 103 Å². The van der Waals surface area contributed by atoms with Crippen molar-refractivity contribution in [2.75, 3.05) is 12.3 Å². The molecule has 0 atom stereocenters. The number of sulfonamides is 1. The highest BCUT2D eigenvalue weighted by Crippen LogP contribution is 1.98.